The van der Waals surface area contributed by atoms with Crippen molar-refractivity contribution in [1.29, 1.82) is 0 Å². The van der Waals surface area contributed by atoms with Crippen LogP contribution in [0.15, 0.2) is 18.6 Å². The van der Waals surface area contributed by atoms with Gasteiger partial charge in [-0.25, -0.2) is 23.7 Å². The Hall–Kier alpha value is -1.29. The summed E-state index contributed by atoms with van der Waals surface area (Å²) in [6, 6.07) is 1.49. The van der Waals surface area contributed by atoms with Gasteiger partial charge in [0, 0.05) is 6.20 Å². The lowest BCUT2D eigenvalue weighted by molar-refractivity contribution is -0.0949. The van der Waals surface area contributed by atoms with Gasteiger partial charge in [-0.05, 0) is 13.0 Å². The molecule has 0 aliphatic carbocycles. The van der Waals surface area contributed by atoms with Crippen molar-refractivity contribution in [3.05, 3.63) is 18.6 Å². The van der Waals surface area contributed by atoms with Crippen molar-refractivity contribution in [2.45, 2.75) is 31.0 Å². The van der Waals surface area contributed by atoms with Crippen LogP contribution in [-0.4, -0.2) is 68.7 Å². The van der Waals surface area contributed by atoms with Gasteiger partial charge < -0.3 is 40.3 Å². The monoisotopic (exact) mass is 520 g/mol. The highest BCUT2D eigenvalue weighted by atomic mass is 31.3. The van der Waals surface area contributed by atoms with Crippen LogP contribution in [0, 0.1) is 0 Å². The molecule has 8 N–H and O–H groups in total. The molecule has 0 saturated carbocycles. The molecule has 0 spiro atoms. The van der Waals surface area contributed by atoms with Gasteiger partial charge in [-0.3, -0.25) is 9.09 Å². The molecule has 1 fully saturated rings. The average Bonchev–Trinajstić information content (AvgIpc) is 3.11. The zero-order valence-corrected chi connectivity index (χ0v) is 18.7. The summed E-state index contributed by atoms with van der Waals surface area (Å²) in [6.07, 6.45) is -1.88. The van der Waals surface area contributed by atoms with Crippen molar-refractivity contribution in [2.75, 3.05) is 12.3 Å². The number of aliphatic hydroxyl groups is 2. The molecule has 0 amide bonds. The van der Waals surface area contributed by atoms with Crippen LogP contribution in [0.3, 0.4) is 0 Å². The van der Waals surface area contributed by atoms with Crippen LogP contribution in [0.2, 0.25) is 0 Å². The Morgan fingerprint density at radius 2 is 1.84 bits per heavy atom. The number of ether oxygens (including phenoxy) is 1. The second-order valence-electron chi connectivity index (χ2n) is 6.81. The number of imidazole rings is 1. The highest BCUT2D eigenvalue weighted by Gasteiger charge is 2.54. The summed E-state index contributed by atoms with van der Waals surface area (Å²) >= 11 is 0. The molecule has 1 aliphatic rings. The lowest BCUT2D eigenvalue weighted by Crippen LogP contribution is -2.44. The van der Waals surface area contributed by atoms with Crippen LogP contribution in [-0.2, 0) is 31.6 Å². The number of anilines is 1. The minimum atomic E-state index is -5.71. The first-order chi connectivity index (χ1) is 14.5. The number of phosphoric ester groups is 1. The standard InChI is InChI=1S/C12H19N4O13P3/c1-12(18)9(17)7(4-26-31(22,23)29-32(24,25)28-30(19,20)21)27-11(12)16-5-15-8-6(13)2-3-14-10(8)16/h2-3,5,7,9,11,17-18H,4H2,1H3,(H2,13,14)(H,22,23)(H,24,25)(H2,19,20,21)/t7-,9-,11-,12-/m1/s1. The van der Waals surface area contributed by atoms with Crippen LogP contribution >= 0.6 is 23.5 Å². The summed E-state index contributed by atoms with van der Waals surface area (Å²) in [5.74, 6) is 0. The first-order valence-electron chi connectivity index (χ1n) is 8.44. The number of hydrogen-bond acceptors (Lipinski definition) is 12. The normalized spacial score (nSPS) is 30.3. The number of nitrogens with zero attached hydrogens (tertiary/aromatic N) is 3. The SMILES string of the molecule is C[C@@]1(O)[C@H](O)[C@@H](COP(=O)(O)OP(=O)(O)OP(=O)(O)O)O[C@H]1n1cnc2c(N)ccnc21. The molecule has 1 saturated heterocycles. The van der Waals surface area contributed by atoms with E-state index in [-0.39, 0.29) is 16.9 Å². The number of rotatable bonds is 8. The van der Waals surface area contributed by atoms with E-state index < -0.39 is 54.1 Å². The zero-order chi connectivity index (χ0) is 24.1. The number of nitrogen functional groups attached to an aromatic ring is 1. The first-order valence-corrected chi connectivity index (χ1v) is 13.0. The maximum Gasteiger partial charge on any atom is 0.490 e. The third kappa shape index (κ3) is 5.43. The van der Waals surface area contributed by atoms with E-state index in [1.165, 1.54) is 30.1 Å². The number of pyridine rings is 1. The topological polar surface area (TPSA) is 266 Å². The predicted molar refractivity (Wildman–Crippen MR) is 102 cm³/mol. The highest BCUT2D eigenvalue weighted by Crippen LogP contribution is 2.66. The van der Waals surface area contributed by atoms with Crippen molar-refractivity contribution in [1.82, 2.24) is 14.5 Å². The molecule has 180 valence electrons. The van der Waals surface area contributed by atoms with Gasteiger partial charge in [0.1, 0.15) is 23.3 Å². The molecule has 3 heterocycles. The Morgan fingerprint density at radius 1 is 1.19 bits per heavy atom. The molecule has 17 nitrogen and oxygen atoms in total. The minimum absolute atomic E-state index is 0.205. The summed E-state index contributed by atoms with van der Waals surface area (Å²) in [6.45, 7) is 0.241. The third-order valence-corrected chi connectivity index (χ3v) is 8.12. The van der Waals surface area contributed by atoms with E-state index in [4.69, 9.17) is 25.2 Å². The van der Waals surface area contributed by atoms with Crippen molar-refractivity contribution in [2.24, 2.45) is 0 Å². The van der Waals surface area contributed by atoms with E-state index >= 15 is 0 Å². The van der Waals surface area contributed by atoms with Crippen LogP contribution in [0.25, 0.3) is 11.2 Å². The number of aliphatic hydroxyl groups excluding tert-OH is 1. The Labute approximate surface area is 178 Å². The molecular formula is C12H19N4O13P3. The van der Waals surface area contributed by atoms with E-state index in [9.17, 15) is 28.8 Å². The molecular weight excluding hydrogens is 501 g/mol. The average molecular weight is 520 g/mol. The minimum Gasteiger partial charge on any atom is -0.397 e. The fourth-order valence-corrected chi connectivity index (χ4v) is 6.00. The van der Waals surface area contributed by atoms with Crippen LogP contribution in [0.1, 0.15) is 13.2 Å². The largest absolute Gasteiger partial charge is 0.490 e. The lowest BCUT2D eigenvalue weighted by Gasteiger charge is -2.27. The number of fused-ring (bicyclic) bond motifs is 1. The summed E-state index contributed by atoms with van der Waals surface area (Å²) in [7, 11) is -16.7. The van der Waals surface area contributed by atoms with E-state index in [0.717, 1.165) is 0 Å². The first kappa shape index (κ1) is 25.3. The van der Waals surface area contributed by atoms with Gasteiger partial charge in [0.05, 0.1) is 18.6 Å². The predicted octanol–water partition coefficient (Wildman–Crippen LogP) is -0.634. The van der Waals surface area contributed by atoms with Crippen molar-refractivity contribution in [3.63, 3.8) is 0 Å². The summed E-state index contributed by atoms with van der Waals surface area (Å²) < 4.78 is 52.3. The molecule has 0 radical (unpaired) electrons. The Morgan fingerprint density at radius 3 is 2.47 bits per heavy atom. The molecule has 1 aliphatic heterocycles. The highest BCUT2D eigenvalue weighted by molar-refractivity contribution is 7.66. The maximum absolute atomic E-state index is 11.9. The van der Waals surface area contributed by atoms with Gasteiger partial charge in [0.2, 0.25) is 0 Å². The maximum atomic E-state index is 11.9. The smallest absolute Gasteiger partial charge is 0.397 e. The van der Waals surface area contributed by atoms with E-state index in [1.54, 1.807) is 0 Å². The lowest BCUT2D eigenvalue weighted by atomic mass is 9.96. The van der Waals surface area contributed by atoms with Gasteiger partial charge in [-0.1, -0.05) is 0 Å². The second-order valence-corrected chi connectivity index (χ2v) is 11.2. The second kappa shape index (κ2) is 8.49. The number of phosphoric acid groups is 3. The number of aromatic nitrogens is 3. The fraction of sp³-hybridized carbons (Fsp3) is 0.500. The Kier molecular flexibility index (Phi) is 6.72. The van der Waals surface area contributed by atoms with Gasteiger partial charge in [0.25, 0.3) is 0 Å². The summed E-state index contributed by atoms with van der Waals surface area (Å²) in [5.41, 5.74) is 4.60. The number of nitrogens with two attached hydrogens (primary N) is 1. The Balaban J connectivity index is 1.74. The van der Waals surface area contributed by atoms with Gasteiger partial charge in [-0.15, -0.1) is 0 Å². The quantitative estimate of drug-likeness (QED) is 0.213. The summed E-state index contributed by atoms with van der Waals surface area (Å²) in [4.78, 5) is 43.9. The molecule has 0 bridgehead atoms. The van der Waals surface area contributed by atoms with Crippen LogP contribution in [0.4, 0.5) is 5.69 Å². The fourth-order valence-electron chi connectivity index (χ4n) is 2.97. The van der Waals surface area contributed by atoms with Crippen molar-refractivity contribution < 1.29 is 61.4 Å². The van der Waals surface area contributed by atoms with Crippen molar-refractivity contribution in [3.8, 4) is 0 Å². The molecule has 2 unspecified atom stereocenters. The van der Waals surface area contributed by atoms with Gasteiger partial charge in [-0.2, -0.15) is 8.62 Å². The molecule has 32 heavy (non-hydrogen) atoms. The van der Waals surface area contributed by atoms with E-state index in [1.807, 2.05) is 0 Å². The number of hydrogen-bond donors (Lipinski definition) is 7. The molecule has 2 aromatic rings. The van der Waals surface area contributed by atoms with Gasteiger partial charge >= 0.3 is 23.5 Å². The zero-order valence-electron chi connectivity index (χ0n) is 16.0. The molecule has 20 heteroatoms. The van der Waals surface area contributed by atoms with E-state index in [0.29, 0.717) is 0 Å². The van der Waals surface area contributed by atoms with E-state index in [2.05, 4.69) is 23.1 Å². The van der Waals surface area contributed by atoms with Crippen LogP contribution < -0.4 is 5.73 Å². The van der Waals surface area contributed by atoms with Gasteiger partial charge in [0.15, 0.2) is 11.9 Å². The molecule has 2 aromatic heterocycles. The van der Waals surface area contributed by atoms with Crippen LogP contribution in [0.5, 0.6) is 0 Å². The Bertz CT molecular complexity index is 1150. The molecule has 3 rings (SSSR count). The third-order valence-electron chi connectivity index (χ3n) is 4.32. The molecule has 0 aromatic carbocycles. The van der Waals surface area contributed by atoms with Crippen molar-refractivity contribution >= 4 is 40.3 Å². The molecule has 6 atom stereocenters. The summed E-state index contributed by atoms with van der Waals surface area (Å²) in [5, 5.41) is 21.2.